The predicted octanol–water partition coefficient (Wildman–Crippen LogP) is 12.9. The Morgan fingerprint density at radius 1 is 0.519 bits per heavy atom. The van der Waals surface area contributed by atoms with Gasteiger partial charge in [-0.2, -0.15) is 0 Å². The first kappa shape index (κ1) is 31.9. The quantitative estimate of drug-likeness (QED) is 0.158. The summed E-state index contributed by atoms with van der Waals surface area (Å²) in [5, 5.41) is 2.40. The minimum absolute atomic E-state index is 0.499. The summed E-state index contributed by atoms with van der Waals surface area (Å²) in [6, 6.07) is 51.6. The molecule has 4 nitrogen and oxygen atoms in total. The maximum atomic E-state index is 5.18. The largest absolute Gasteiger partial charge is 0.313 e. The molecule has 1 aromatic heterocycles. The molecule has 258 valence electrons. The number of hydrogen-bond donors (Lipinski definition) is 0. The zero-order chi connectivity index (χ0) is 35.8. The molecular weight excluding hydrogens is 657 g/mol. The lowest BCUT2D eigenvalue weighted by Crippen LogP contribution is -2.20. The maximum Gasteiger partial charge on any atom is 0.0973 e. The van der Waals surface area contributed by atoms with E-state index in [0.29, 0.717) is 11.8 Å². The van der Waals surface area contributed by atoms with Gasteiger partial charge in [-0.25, -0.2) is 9.97 Å². The Morgan fingerprint density at radius 3 is 1.81 bits per heavy atom. The molecular formula is C50H38N4. The SMILES string of the molecule is C1=CCC=C(N(c2ccccc2)c2ccc(N(C3=CC=CC4CC34)c3ccc(-c4nc5ccccc5nc4-c4ccccc4)cc3)c3ccccc23)C=C1. The van der Waals surface area contributed by atoms with Crippen molar-refractivity contribution in [3.63, 3.8) is 0 Å². The van der Waals surface area contributed by atoms with Crippen molar-refractivity contribution in [3.8, 4) is 22.5 Å². The normalized spacial score (nSPS) is 17.1. The first-order chi connectivity index (χ1) is 26.8. The Hall–Kier alpha value is -6.78. The standard InChI is InChI=1S/C50H38N4/c1-2-8-20-38(19-7-1)53(39-21-9-4-10-22-39)47-32-33-48(42-24-12-11-23-41(42)47)54(46-27-15-18-37-34-43(37)46)40-30-28-36(29-31-40)50-49(35-16-5-3-6-17-35)51-44-25-13-14-26-45(44)52-50/h1-7,9-33,37,43H,8,34H2. The molecule has 0 radical (unpaired) electrons. The smallest absolute Gasteiger partial charge is 0.0973 e. The fraction of sp³-hybridized carbons (Fsp3) is 0.0800. The number of nitrogens with zero attached hydrogens (tertiary/aromatic N) is 4. The summed E-state index contributed by atoms with van der Waals surface area (Å²) >= 11 is 0. The molecule has 0 spiro atoms. The minimum Gasteiger partial charge on any atom is -0.313 e. The van der Waals surface area contributed by atoms with Crippen molar-refractivity contribution < 1.29 is 0 Å². The molecule has 0 saturated heterocycles. The van der Waals surface area contributed by atoms with Crippen LogP contribution in [0.3, 0.4) is 0 Å². The summed E-state index contributed by atoms with van der Waals surface area (Å²) in [6.45, 7) is 0. The highest BCUT2D eigenvalue weighted by Crippen LogP contribution is 2.52. The van der Waals surface area contributed by atoms with Crippen LogP contribution in [-0.4, -0.2) is 9.97 Å². The lowest BCUT2D eigenvalue weighted by molar-refractivity contribution is 0.872. The van der Waals surface area contributed by atoms with E-state index in [1.54, 1.807) is 0 Å². The van der Waals surface area contributed by atoms with Crippen molar-refractivity contribution in [2.75, 3.05) is 9.80 Å². The molecule has 1 fully saturated rings. The van der Waals surface area contributed by atoms with Crippen LogP contribution in [0.5, 0.6) is 0 Å². The Kier molecular flexibility index (Phi) is 8.07. The predicted molar refractivity (Wildman–Crippen MR) is 225 cm³/mol. The molecule has 0 aliphatic heterocycles. The van der Waals surface area contributed by atoms with E-state index >= 15 is 0 Å². The van der Waals surface area contributed by atoms with Crippen LogP contribution < -0.4 is 9.80 Å². The molecule has 1 heterocycles. The number of anilines is 4. The van der Waals surface area contributed by atoms with E-state index in [0.717, 1.165) is 62.7 Å². The highest BCUT2D eigenvalue weighted by molar-refractivity contribution is 6.06. The van der Waals surface area contributed by atoms with Gasteiger partial charge in [0, 0.05) is 50.6 Å². The van der Waals surface area contributed by atoms with Crippen LogP contribution in [0, 0.1) is 11.8 Å². The van der Waals surface area contributed by atoms with Crippen molar-refractivity contribution in [3.05, 3.63) is 206 Å². The van der Waals surface area contributed by atoms with E-state index in [-0.39, 0.29) is 0 Å². The van der Waals surface area contributed by atoms with Crippen LogP contribution in [0.15, 0.2) is 206 Å². The topological polar surface area (TPSA) is 32.3 Å². The number of aromatic nitrogens is 2. The number of allylic oxidation sites excluding steroid dienone is 9. The summed E-state index contributed by atoms with van der Waals surface area (Å²) in [7, 11) is 0. The molecule has 10 rings (SSSR count). The Morgan fingerprint density at radius 2 is 1.11 bits per heavy atom. The van der Waals surface area contributed by atoms with Gasteiger partial charge >= 0.3 is 0 Å². The van der Waals surface area contributed by atoms with Crippen LogP contribution in [0.4, 0.5) is 22.7 Å². The van der Waals surface area contributed by atoms with Crippen molar-refractivity contribution >= 4 is 44.6 Å². The van der Waals surface area contributed by atoms with Gasteiger partial charge in [-0.15, -0.1) is 0 Å². The lowest BCUT2D eigenvalue weighted by atomic mass is 10.00. The van der Waals surface area contributed by atoms with E-state index in [2.05, 4.69) is 174 Å². The molecule has 0 amide bonds. The highest BCUT2D eigenvalue weighted by atomic mass is 15.2. The second kappa shape index (κ2) is 13.6. The molecule has 1 saturated carbocycles. The van der Waals surface area contributed by atoms with Gasteiger partial charge in [0.2, 0.25) is 0 Å². The van der Waals surface area contributed by atoms with Gasteiger partial charge in [0.1, 0.15) is 0 Å². The number of hydrogen-bond acceptors (Lipinski definition) is 4. The third kappa shape index (κ3) is 5.82. The van der Waals surface area contributed by atoms with Crippen molar-refractivity contribution in [1.82, 2.24) is 9.97 Å². The van der Waals surface area contributed by atoms with Crippen molar-refractivity contribution in [2.45, 2.75) is 12.8 Å². The molecule has 2 unspecified atom stereocenters. The summed E-state index contributed by atoms with van der Waals surface area (Å²) < 4.78 is 0. The van der Waals surface area contributed by atoms with E-state index in [1.807, 2.05) is 30.3 Å². The average Bonchev–Trinajstić information content (AvgIpc) is 4.08. The van der Waals surface area contributed by atoms with Crippen LogP contribution in [0.25, 0.3) is 44.3 Å². The molecule has 7 aromatic rings. The van der Waals surface area contributed by atoms with E-state index in [4.69, 9.17) is 9.97 Å². The third-order valence-electron chi connectivity index (χ3n) is 10.7. The Labute approximate surface area is 316 Å². The Balaban J connectivity index is 1.12. The fourth-order valence-electron chi connectivity index (χ4n) is 8.02. The highest BCUT2D eigenvalue weighted by Gasteiger charge is 2.42. The first-order valence-electron chi connectivity index (χ1n) is 18.8. The third-order valence-corrected chi connectivity index (χ3v) is 10.7. The van der Waals surface area contributed by atoms with Crippen LogP contribution in [0.2, 0.25) is 0 Å². The van der Waals surface area contributed by atoms with Crippen LogP contribution in [-0.2, 0) is 0 Å². The van der Waals surface area contributed by atoms with Crippen LogP contribution >= 0.6 is 0 Å². The number of fused-ring (bicyclic) bond motifs is 3. The second-order valence-electron chi connectivity index (χ2n) is 14.1. The number of benzene rings is 6. The van der Waals surface area contributed by atoms with Gasteiger partial charge in [-0.3, -0.25) is 0 Å². The zero-order valence-corrected chi connectivity index (χ0v) is 29.8. The van der Waals surface area contributed by atoms with Gasteiger partial charge in [0.15, 0.2) is 0 Å². The second-order valence-corrected chi connectivity index (χ2v) is 14.1. The summed E-state index contributed by atoms with van der Waals surface area (Å²) in [6.07, 6.45) is 20.0. The van der Waals surface area contributed by atoms with Gasteiger partial charge < -0.3 is 9.80 Å². The number of rotatable bonds is 8. The van der Waals surface area contributed by atoms with E-state index in [1.165, 1.54) is 28.6 Å². The molecule has 3 aliphatic carbocycles. The van der Waals surface area contributed by atoms with Crippen LogP contribution in [0.1, 0.15) is 12.8 Å². The summed E-state index contributed by atoms with van der Waals surface area (Å²) in [4.78, 5) is 15.2. The molecule has 6 aromatic carbocycles. The molecule has 0 bridgehead atoms. The zero-order valence-electron chi connectivity index (χ0n) is 29.8. The van der Waals surface area contributed by atoms with E-state index in [9.17, 15) is 0 Å². The van der Waals surface area contributed by atoms with E-state index < -0.39 is 0 Å². The Bertz CT molecular complexity index is 2670. The van der Waals surface area contributed by atoms with Gasteiger partial charge in [0.05, 0.1) is 33.8 Å². The van der Waals surface area contributed by atoms with Gasteiger partial charge in [0.25, 0.3) is 0 Å². The van der Waals surface area contributed by atoms with Crippen molar-refractivity contribution in [2.24, 2.45) is 11.8 Å². The fourth-order valence-corrected chi connectivity index (χ4v) is 8.02. The van der Waals surface area contributed by atoms with Gasteiger partial charge in [-0.1, -0.05) is 134 Å². The molecule has 4 heteroatoms. The summed E-state index contributed by atoms with van der Waals surface area (Å²) in [5.74, 6) is 1.09. The first-order valence-corrected chi connectivity index (χ1v) is 18.8. The van der Waals surface area contributed by atoms with Gasteiger partial charge in [-0.05, 0) is 79.4 Å². The molecule has 54 heavy (non-hydrogen) atoms. The monoisotopic (exact) mass is 694 g/mol. The summed E-state index contributed by atoms with van der Waals surface area (Å²) in [5.41, 5.74) is 12.7. The number of para-hydroxylation sites is 3. The average molecular weight is 695 g/mol. The minimum atomic E-state index is 0.499. The van der Waals surface area contributed by atoms with Crippen molar-refractivity contribution in [1.29, 1.82) is 0 Å². The molecule has 0 N–H and O–H groups in total. The molecule has 3 aliphatic rings. The maximum absolute atomic E-state index is 5.18. The lowest BCUT2D eigenvalue weighted by Gasteiger charge is -2.32. The molecule has 2 atom stereocenters.